The lowest BCUT2D eigenvalue weighted by Crippen LogP contribution is -1.94. The maximum absolute atomic E-state index is 2.47. The van der Waals surface area contributed by atoms with Crippen LogP contribution in [0, 0.1) is 5.92 Å². The molecular weight excluding hydrogens is 235 g/mol. The van der Waals surface area contributed by atoms with E-state index in [9.17, 15) is 0 Å². The minimum Gasteiger partial charge on any atom is -0.0861 e. The van der Waals surface area contributed by atoms with E-state index in [1.54, 1.807) is 0 Å². The highest BCUT2D eigenvalue weighted by atomic mass is 127. The largest absolute Gasteiger partial charge is 0.0861 e. The van der Waals surface area contributed by atoms with Crippen LogP contribution in [0.4, 0.5) is 0 Å². The van der Waals surface area contributed by atoms with Gasteiger partial charge in [-0.25, -0.2) is 0 Å². The van der Waals surface area contributed by atoms with Crippen molar-refractivity contribution in [1.29, 1.82) is 0 Å². The summed E-state index contributed by atoms with van der Waals surface area (Å²) in [6.45, 7) is 4.61. The van der Waals surface area contributed by atoms with E-state index < -0.39 is 0 Å². The number of hydrogen-bond acceptors (Lipinski definition) is 0. The van der Waals surface area contributed by atoms with Gasteiger partial charge in [-0.2, -0.15) is 0 Å². The van der Waals surface area contributed by atoms with E-state index in [4.69, 9.17) is 0 Å². The third kappa shape index (κ3) is 6.84. The van der Waals surface area contributed by atoms with Crippen molar-refractivity contribution in [2.24, 2.45) is 5.92 Å². The Kier molecular flexibility index (Phi) is 8.40. The second-order valence-corrected chi connectivity index (χ2v) is 3.99. The van der Waals surface area contributed by atoms with Crippen molar-refractivity contribution < 1.29 is 0 Å². The Bertz CT molecular complexity index is 61.7. The molecule has 0 rings (SSSR count). The molecule has 0 aliphatic carbocycles. The number of rotatable bonds is 6. The van der Waals surface area contributed by atoms with Crippen molar-refractivity contribution in [1.82, 2.24) is 0 Å². The molecule has 0 heterocycles. The predicted octanol–water partition coefficient (Wildman–Crippen LogP) is 4.03. The van der Waals surface area contributed by atoms with E-state index >= 15 is 0 Å². The molecule has 1 atom stereocenters. The fraction of sp³-hybridized carbons (Fsp3) is 1.00. The van der Waals surface area contributed by atoms with E-state index in [-0.39, 0.29) is 0 Å². The van der Waals surface area contributed by atoms with Crippen molar-refractivity contribution in [2.75, 3.05) is 4.43 Å². The summed E-state index contributed by atoms with van der Waals surface area (Å²) in [6, 6.07) is 0. The molecule has 1 unspecified atom stereocenters. The molecule has 0 aromatic carbocycles. The molecule has 10 heavy (non-hydrogen) atoms. The van der Waals surface area contributed by atoms with Crippen molar-refractivity contribution in [3.8, 4) is 0 Å². The lowest BCUT2D eigenvalue weighted by Gasteiger charge is -2.05. The van der Waals surface area contributed by atoms with Crippen LogP contribution in [0.5, 0.6) is 0 Å². The minimum atomic E-state index is 0.942. The predicted molar refractivity (Wildman–Crippen MR) is 56.8 cm³/mol. The summed E-state index contributed by atoms with van der Waals surface area (Å²) in [6.07, 6.45) is 7.10. The summed E-state index contributed by atoms with van der Waals surface area (Å²) in [5.74, 6) is 0.942. The lowest BCUT2D eigenvalue weighted by molar-refractivity contribution is 0.535. The van der Waals surface area contributed by atoms with Gasteiger partial charge in [0.2, 0.25) is 0 Å². The smallest absolute Gasteiger partial charge is 0.00210 e. The molecule has 0 radical (unpaired) electrons. The molecule has 0 fully saturated rings. The third-order valence-corrected chi connectivity index (χ3v) is 3.32. The zero-order valence-electron chi connectivity index (χ0n) is 7.20. The summed E-state index contributed by atoms with van der Waals surface area (Å²) in [7, 11) is 0. The van der Waals surface area contributed by atoms with Crippen LogP contribution in [0.15, 0.2) is 0 Å². The number of unbranched alkanes of at least 4 members (excludes halogenated alkanes) is 3. The number of hydrogen-bond donors (Lipinski definition) is 0. The van der Waals surface area contributed by atoms with Crippen molar-refractivity contribution in [3.05, 3.63) is 0 Å². The first kappa shape index (κ1) is 10.7. The Hall–Kier alpha value is 0.730. The van der Waals surface area contributed by atoms with E-state index in [0.717, 1.165) is 5.92 Å². The van der Waals surface area contributed by atoms with Gasteiger partial charge in [-0.3, -0.25) is 0 Å². The van der Waals surface area contributed by atoms with Crippen LogP contribution >= 0.6 is 22.6 Å². The molecule has 0 aromatic heterocycles. The summed E-state index contributed by atoms with van der Waals surface area (Å²) < 4.78 is 1.32. The normalized spacial score (nSPS) is 13.5. The Morgan fingerprint density at radius 3 is 2.40 bits per heavy atom. The maximum atomic E-state index is 2.47. The summed E-state index contributed by atoms with van der Waals surface area (Å²) in [5, 5.41) is 0. The number of halogens is 1. The van der Waals surface area contributed by atoms with E-state index in [0.29, 0.717) is 0 Å². The van der Waals surface area contributed by atoms with Crippen LogP contribution in [-0.4, -0.2) is 4.43 Å². The second-order valence-electron chi connectivity index (χ2n) is 3.11. The molecule has 0 saturated heterocycles. The first-order chi connectivity index (χ1) is 4.81. The van der Waals surface area contributed by atoms with Crippen molar-refractivity contribution in [3.63, 3.8) is 0 Å². The van der Waals surface area contributed by atoms with E-state index in [1.807, 2.05) is 0 Å². The van der Waals surface area contributed by atoms with Crippen LogP contribution in [0.1, 0.15) is 46.0 Å². The lowest BCUT2D eigenvalue weighted by atomic mass is 10.0. The molecule has 0 N–H and O–H groups in total. The highest BCUT2D eigenvalue weighted by molar-refractivity contribution is 14.1. The molecule has 0 spiro atoms. The van der Waals surface area contributed by atoms with Gasteiger partial charge in [-0.05, 0) is 12.3 Å². The van der Waals surface area contributed by atoms with Gasteiger partial charge in [0.1, 0.15) is 0 Å². The summed E-state index contributed by atoms with van der Waals surface area (Å²) >= 11 is 2.47. The van der Waals surface area contributed by atoms with Gasteiger partial charge < -0.3 is 0 Å². The topological polar surface area (TPSA) is 0 Å². The molecule has 1 heteroatoms. The fourth-order valence-corrected chi connectivity index (χ4v) is 1.44. The average molecular weight is 254 g/mol. The highest BCUT2D eigenvalue weighted by Crippen LogP contribution is 2.12. The maximum Gasteiger partial charge on any atom is 0.00210 e. The van der Waals surface area contributed by atoms with E-state index in [2.05, 4.69) is 36.4 Å². The fourth-order valence-electron chi connectivity index (χ4n) is 0.997. The molecule has 62 valence electrons. The molecule has 0 nitrogen and oxygen atoms in total. The molecule has 0 bridgehead atoms. The van der Waals surface area contributed by atoms with Crippen molar-refractivity contribution in [2.45, 2.75) is 46.0 Å². The van der Waals surface area contributed by atoms with Crippen LogP contribution in [0.2, 0.25) is 0 Å². The van der Waals surface area contributed by atoms with Gasteiger partial charge in [0.15, 0.2) is 0 Å². The standard InChI is InChI=1S/C9H19I/c1-3-4-5-6-7-9(2)8-10/h9H,3-8H2,1-2H3. The van der Waals surface area contributed by atoms with Crippen LogP contribution in [-0.2, 0) is 0 Å². The molecule has 0 aliphatic rings. The van der Waals surface area contributed by atoms with E-state index in [1.165, 1.54) is 36.5 Å². The second kappa shape index (κ2) is 7.83. The van der Waals surface area contributed by atoms with Crippen molar-refractivity contribution >= 4 is 22.6 Å². The molecule has 0 aliphatic heterocycles. The van der Waals surface area contributed by atoms with Crippen LogP contribution < -0.4 is 0 Å². The first-order valence-electron chi connectivity index (χ1n) is 4.37. The summed E-state index contributed by atoms with van der Waals surface area (Å²) in [5.41, 5.74) is 0. The molecule has 0 aromatic rings. The van der Waals surface area contributed by atoms with Gasteiger partial charge in [0.25, 0.3) is 0 Å². The van der Waals surface area contributed by atoms with Gasteiger partial charge in [-0.15, -0.1) is 0 Å². The molecular formula is C9H19I. The van der Waals surface area contributed by atoms with Gasteiger partial charge >= 0.3 is 0 Å². The monoisotopic (exact) mass is 254 g/mol. The summed E-state index contributed by atoms with van der Waals surface area (Å²) in [4.78, 5) is 0. The Balaban J connectivity index is 2.89. The Morgan fingerprint density at radius 2 is 1.90 bits per heavy atom. The van der Waals surface area contributed by atoms with Crippen LogP contribution in [0.25, 0.3) is 0 Å². The van der Waals surface area contributed by atoms with Gasteiger partial charge in [0.05, 0.1) is 0 Å². The first-order valence-corrected chi connectivity index (χ1v) is 5.89. The van der Waals surface area contributed by atoms with Gasteiger partial charge in [-0.1, -0.05) is 62.1 Å². The quantitative estimate of drug-likeness (QED) is 0.381. The third-order valence-electron chi connectivity index (χ3n) is 1.81. The van der Waals surface area contributed by atoms with Crippen LogP contribution in [0.3, 0.4) is 0 Å². The van der Waals surface area contributed by atoms with Gasteiger partial charge in [0, 0.05) is 4.43 Å². The Morgan fingerprint density at radius 1 is 1.20 bits per heavy atom. The minimum absolute atomic E-state index is 0.942. The molecule has 0 amide bonds. The Labute approximate surface area is 78.9 Å². The average Bonchev–Trinajstić information content (AvgIpc) is 1.98. The zero-order valence-corrected chi connectivity index (χ0v) is 9.36. The molecule has 0 saturated carbocycles. The number of alkyl halides is 1. The zero-order chi connectivity index (χ0) is 7.82. The SMILES string of the molecule is CCCCCCC(C)CI. The highest BCUT2D eigenvalue weighted by Gasteiger charge is 1.97.